The fourth-order valence-corrected chi connectivity index (χ4v) is 2.04. The van der Waals surface area contributed by atoms with Gasteiger partial charge in [0, 0.05) is 0 Å². The number of benzene rings is 2. The van der Waals surface area contributed by atoms with Crippen molar-refractivity contribution >= 4 is 21.9 Å². The zero-order valence-electron chi connectivity index (χ0n) is 9.77. The molecule has 0 atom stereocenters. The molecule has 0 aromatic heterocycles. The molecule has 2 aromatic carbocycles. The molecule has 5 heteroatoms. The fourth-order valence-electron chi connectivity index (χ4n) is 1.56. The first kappa shape index (κ1) is 13.5. The van der Waals surface area contributed by atoms with E-state index in [2.05, 4.69) is 15.9 Å². The van der Waals surface area contributed by atoms with Gasteiger partial charge in [0.05, 0.1) is 4.47 Å². The van der Waals surface area contributed by atoms with Crippen LogP contribution in [0.25, 0.3) is 0 Å². The highest BCUT2D eigenvalue weighted by Gasteiger charge is 2.14. The number of halogens is 2. The van der Waals surface area contributed by atoms with Gasteiger partial charge in [0.2, 0.25) is 0 Å². The molecule has 2 rings (SSSR count). The van der Waals surface area contributed by atoms with Gasteiger partial charge in [-0.2, -0.15) is 0 Å². The molecule has 0 radical (unpaired) electrons. The Morgan fingerprint density at radius 2 is 1.89 bits per heavy atom. The van der Waals surface area contributed by atoms with E-state index in [1.54, 1.807) is 24.3 Å². The monoisotopic (exact) mass is 324 g/mol. The molecule has 0 fully saturated rings. The van der Waals surface area contributed by atoms with E-state index in [-0.39, 0.29) is 23.7 Å². The minimum absolute atomic E-state index is 0.0801. The molecular weight excluding hydrogens is 315 g/mol. The topological polar surface area (TPSA) is 46.5 Å². The predicted octanol–water partition coefficient (Wildman–Crippen LogP) is 3.87. The van der Waals surface area contributed by atoms with Crippen LogP contribution in [0.1, 0.15) is 15.9 Å². The van der Waals surface area contributed by atoms with Crippen LogP contribution in [0.3, 0.4) is 0 Å². The molecule has 1 N–H and O–H groups in total. The lowest BCUT2D eigenvalue weighted by atomic mass is 10.2. The summed E-state index contributed by atoms with van der Waals surface area (Å²) in [4.78, 5) is 11.1. The molecule has 0 amide bonds. The Kier molecular flexibility index (Phi) is 4.16. The number of ether oxygens (including phenoxy) is 1. The number of carboxylic acid groups (broad SMARTS) is 1. The summed E-state index contributed by atoms with van der Waals surface area (Å²) >= 11 is 3.25. The van der Waals surface area contributed by atoms with Crippen molar-refractivity contribution in [1.29, 1.82) is 0 Å². The van der Waals surface area contributed by atoms with Gasteiger partial charge < -0.3 is 9.84 Å². The zero-order chi connectivity index (χ0) is 13.8. The SMILES string of the molecule is O=C(O)c1cccc(Br)c1OCc1ccc(F)cc1. The normalized spacial score (nSPS) is 10.2. The van der Waals surface area contributed by atoms with Crippen LogP contribution in [-0.2, 0) is 6.61 Å². The average molecular weight is 325 g/mol. The lowest BCUT2D eigenvalue weighted by molar-refractivity contribution is 0.0691. The van der Waals surface area contributed by atoms with Crippen molar-refractivity contribution in [3.63, 3.8) is 0 Å². The molecule has 0 aliphatic carbocycles. The Labute approximate surface area is 117 Å². The fraction of sp³-hybridized carbons (Fsp3) is 0.0714. The maximum absolute atomic E-state index is 12.8. The Balaban J connectivity index is 2.19. The summed E-state index contributed by atoms with van der Waals surface area (Å²) in [6.45, 7) is 0.170. The van der Waals surface area contributed by atoms with Crippen molar-refractivity contribution in [2.75, 3.05) is 0 Å². The summed E-state index contributed by atoms with van der Waals surface area (Å²) in [6.07, 6.45) is 0. The van der Waals surface area contributed by atoms with E-state index in [9.17, 15) is 9.18 Å². The van der Waals surface area contributed by atoms with Crippen molar-refractivity contribution in [3.05, 3.63) is 63.9 Å². The third-order valence-electron chi connectivity index (χ3n) is 2.49. The molecule has 0 unspecified atom stereocenters. The largest absolute Gasteiger partial charge is 0.487 e. The Morgan fingerprint density at radius 3 is 2.53 bits per heavy atom. The van der Waals surface area contributed by atoms with E-state index >= 15 is 0 Å². The van der Waals surface area contributed by atoms with Gasteiger partial charge in [-0.3, -0.25) is 0 Å². The minimum atomic E-state index is -1.06. The van der Waals surface area contributed by atoms with Crippen LogP contribution in [0.2, 0.25) is 0 Å². The predicted molar refractivity (Wildman–Crippen MR) is 71.8 cm³/mol. The number of rotatable bonds is 4. The van der Waals surface area contributed by atoms with Crippen LogP contribution in [0.15, 0.2) is 46.9 Å². The summed E-state index contributed by atoms with van der Waals surface area (Å²) in [6, 6.07) is 10.6. The summed E-state index contributed by atoms with van der Waals surface area (Å²) in [5, 5.41) is 9.07. The smallest absolute Gasteiger partial charge is 0.339 e. The first-order valence-electron chi connectivity index (χ1n) is 5.47. The Hall–Kier alpha value is -1.88. The van der Waals surface area contributed by atoms with Gasteiger partial charge in [-0.15, -0.1) is 0 Å². The molecule has 19 heavy (non-hydrogen) atoms. The third-order valence-corrected chi connectivity index (χ3v) is 3.12. The van der Waals surface area contributed by atoms with Crippen molar-refractivity contribution in [2.24, 2.45) is 0 Å². The van der Waals surface area contributed by atoms with E-state index in [0.717, 1.165) is 5.56 Å². The summed E-state index contributed by atoms with van der Waals surface area (Å²) < 4.78 is 18.8. The van der Waals surface area contributed by atoms with Gasteiger partial charge in [0.25, 0.3) is 0 Å². The van der Waals surface area contributed by atoms with E-state index in [1.807, 2.05) is 0 Å². The highest BCUT2D eigenvalue weighted by molar-refractivity contribution is 9.10. The van der Waals surface area contributed by atoms with Crippen LogP contribution in [0.4, 0.5) is 4.39 Å². The molecule has 98 valence electrons. The third kappa shape index (κ3) is 3.32. The van der Waals surface area contributed by atoms with Crippen LogP contribution in [0, 0.1) is 5.82 Å². The summed E-state index contributed by atoms with van der Waals surface area (Å²) in [5.41, 5.74) is 0.838. The molecule has 0 aliphatic rings. The van der Waals surface area contributed by atoms with Crippen LogP contribution < -0.4 is 4.74 Å². The molecule has 0 heterocycles. The molecular formula is C14H10BrFO3. The van der Waals surface area contributed by atoms with Crippen molar-refractivity contribution in [3.8, 4) is 5.75 Å². The molecule has 0 aliphatic heterocycles. The maximum Gasteiger partial charge on any atom is 0.339 e. The lowest BCUT2D eigenvalue weighted by Gasteiger charge is -2.11. The number of hydrogen-bond acceptors (Lipinski definition) is 2. The second kappa shape index (κ2) is 5.84. The van der Waals surface area contributed by atoms with Crippen molar-refractivity contribution in [1.82, 2.24) is 0 Å². The van der Waals surface area contributed by atoms with Gasteiger partial charge in [-0.1, -0.05) is 18.2 Å². The Bertz CT molecular complexity index is 596. The van der Waals surface area contributed by atoms with Gasteiger partial charge in [0.1, 0.15) is 23.7 Å². The number of carboxylic acids is 1. The number of para-hydroxylation sites is 1. The molecule has 2 aromatic rings. The first-order chi connectivity index (χ1) is 9.08. The summed E-state index contributed by atoms with van der Waals surface area (Å²) in [7, 11) is 0. The number of aromatic carboxylic acids is 1. The minimum Gasteiger partial charge on any atom is -0.487 e. The van der Waals surface area contributed by atoms with Crippen molar-refractivity contribution in [2.45, 2.75) is 6.61 Å². The second-order valence-electron chi connectivity index (χ2n) is 3.84. The lowest BCUT2D eigenvalue weighted by Crippen LogP contribution is -2.04. The molecule has 0 bridgehead atoms. The number of carbonyl (C=O) groups is 1. The molecule has 0 saturated heterocycles. The van der Waals surface area contributed by atoms with Crippen LogP contribution in [-0.4, -0.2) is 11.1 Å². The van der Waals surface area contributed by atoms with Crippen molar-refractivity contribution < 1.29 is 19.0 Å². The number of hydrogen-bond donors (Lipinski definition) is 1. The maximum atomic E-state index is 12.8. The second-order valence-corrected chi connectivity index (χ2v) is 4.69. The van der Waals surface area contributed by atoms with Gasteiger partial charge in [-0.05, 0) is 45.8 Å². The average Bonchev–Trinajstić information content (AvgIpc) is 2.39. The first-order valence-corrected chi connectivity index (χ1v) is 6.26. The highest BCUT2D eigenvalue weighted by Crippen LogP contribution is 2.29. The highest BCUT2D eigenvalue weighted by atomic mass is 79.9. The van der Waals surface area contributed by atoms with E-state index in [1.165, 1.54) is 18.2 Å². The quantitative estimate of drug-likeness (QED) is 0.928. The Morgan fingerprint density at radius 1 is 1.21 bits per heavy atom. The zero-order valence-corrected chi connectivity index (χ0v) is 11.4. The van der Waals surface area contributed by atoms with Gasteiger partial charge in [0.15, 0.2) is 0 Å². The molecule has 0 spiro atoms. The van der Waals surface area contributed by atoms with E-state index < -0.39 is 5.97 Å². The molecule has 3 nitrogen and oxygen atoms in total. The van der Waals surface area contributed by atoms with E-state index in [4.69, 9.17) is 9.84 Å². The van der Waals surface area contributed by atoms with Gasteiger partial charge in [-0.25, -0.2) is 9.18 Å². The van der Waals surface area contributed by atoms with Crippen LogP contribution in [0.5, 0.6) is 5.75 Å². The van der Waals surface area contributed by atoms with Crippen LogP contribution >= 0.6 is 15.9 Å². The summed E-state index contributed by atoms with van der Waals surface area (Å²) in [5.74, 6) is -1.12. The van der Waals surface area contributed by atoms with E-state index in [0.29, 0.717) is 4.47 Å². The van der Waals surface area contributed by atoms with Gasteiger partial charge >= 0.3 is 5.97 Å². The standard InChI is InChI=1S/C14H10BrFO3/c15-12-3-1-2-11(14(17)18)13(12)19-8-9-4-6-10(16)7-5-9/h1-7H,8H2,(H,17,18). The molecule has 0 saturated carbocycles.